The topological polar surface area (TPSA) is 82.5 Å². The van der Waals surface area contributed by atoms with Crippen LogP contribution in [0.25, 0.3) is 10.9 Å². The zero-order valence-electron chi connectivity index (χ0n) is 11.6. The van der Waals surface area contributed by atoms with E-state index in [2.05, 4.69) is 10.3 Å². The molecule has 2 aromatic rings. The number of aliphatic hydroxyl groups excluding tert-OH is 2. The predicted molar refractivity (Wildman–Crippen MR) is 78.4 cm³/mol. The molecule has 1 heterocycles. The van der Waals surface area contributed by atoms with Gasteiger partial charge >= 0.3 is 0 Å². The highest BCUT2D eigenvalue weighted by Gasteiger charge is 2.35. The molecule has 0 saturated heterocycles. The Labute approximate surface area is 122 Å². The highest BCUT2D eigenvalue weighted by Crippen LogP contribution is 2.38. The normalized spacial score (nSPS) is 22.6. The van der Waals surface area contributed by atoms with Crippen molar-refractivity contribution in [3.63, 3.8) is 0 Å². The number of rotatable bonds is 4. The number of hydrogen-bond acceptors (Lipinski definition) is 4. The summed E-state index contributed by atoms with van der Waals surface area (Å²) in [6.07, 6.45) is 2.78. The molecule has 1 aliphatic carbocycles. The van der Waals surface area contributed by atoms with Gasteiger partial charge in [-0.1, -0.05) is 18.2 Å². The lowest BCUT2D eigenvalue weighted by atomic mass is 9.75. The summed E-state index contributed by atoms with van der Waals surface area (Å²) in [6, 6.07) is 9.59. The van der Waals surface area contributed by atoms with Crippen LogP contribution in [0.3, 0.4) is 0 Å². The molecule has 1 aromatic carbocycles. The van der Waals surface area contributed by atoms with Crippen molar-refractivity contribution in [3.8, 4) is 0 Å². The number of nitrogens with zero attached hydrogens (tertiary/aromatic N) is 1. The van der Waals surface area contributed by atoms with Gasteiger partial charge in [-0.25, -0.2) is 0 Å². The highest BCUT2D eigenvalue weighted by molar-refractivity contribution is 5.80. The lowest BCUT2D eigenvalue weighted by Gasteiger charge is -2.38. The van der Waals surface area contributed by atoms with Crippen LogP contribution in [0.1, 0.15) is 24.4 Å². The summed E-state index contributed by atoms with van der Waals surface area (Å²) in [5.41, 5.74) is 1.81. The van der Waals surface area contributed by atoms with Gasteiger partial charge in [-0.3, -0.25) is 9.78 Å². The number of carbonyl (C=O) groups is 1. The zero-order valence-corrected chi connectivity index (χ0v) is 11.6. The molecule has 0 radical (unpaired) electrons. The van der Waals surface area contributed by atoms with E-state index in [1.165, 1.54) is 0 Å². The Morgan fingerprint density at radius 1 is 1.38 bits per heavy atom. The Hall–Kier alpha value is -1.98. The number of para-hydroxylation sites is 1. The smallest absolute Gasteiger partial charge is 0.246 e. The van der Waals surface area contributed by atoms with Gasteiger partial charge < -0.3 is 15.5 Å². The van der Waals surface area contributed by atoms with E-state index in [4.69, 9.17) is 5.11 Å². The number of nitrogens with one attached hydrogen (secondary N) is 1. The maximum absolute atomic E-state index is 11.5. The second-order valence-corrected chi connectivity index (χ2v) is 5.55. The number of hydrogen-bond donors (Lipinski definition) is 3. The van der Waals surface area contributed by atoms with Crippen molar-refractivity contribution in [2.75, 3.05) is 6.61 Å². The van der Waals surface area contributed by atoms with Crippen LogP contribution in [0.15, 0.2) is 36.5 Å². The van der Waals surface area contributed by atoms with Crippen molar-refractivity contribution < 1.29 is 15.0 Å². The third-order valence-corrected chi connectivity index (χ3v) is 4.05. The fourth-order valence-electron chi connectivity index (χ4n) is 2.85. The third-order valence-electron chi connectivity index (χ3n) is 4.05. The lowest BCUT2D eigenvalue weighted by molar-refractivity contribution is -0.125. The average Bonchev–Trinajstić information content (AvgIpc) is 2.49. The van der Waals surface area contributed by atoms with Crippen molar-refractivity contribution >= 4 is 16.8 Å². The first kappa shape index (κ1) is 14.0. The third kappa shape index (κ3) is 2.89. The quantitative estimate of drug-likeness (QED) is 0.787. The van der Waals surface area contributed by atoms with Crippen LogP contribution >= 0.6 is 0 Å². The SMILES string of the molecule is O=C(CO)N[C@H](c1cnc2ccccc2c1)C1CC(O)C1. The summed E-state index contributed by atoms with van der Waals surface area (Å²) in [6.45, 7) is -0.535. The minimum Gasteiger partial charge on any atom is -0.393 e. The van der Waals surface area contributed by atoms with Crippen molar-refractivity contribution in [1.82, 2.24) is 10.3 Å². The number of aliphatic hydroxyl groups is 2. The molecular weight excluding hydrogens is 268 g/mol. The number of amides is 1. The van der Waals surface area contributed by atoms with E-state index in [1.807, 2.05) is 30.3 Å². The molecule has 1 atom stereocenters. The first-order valence-corrected chi connectivity index (χ1v) is 7.10. The Bertz CT molecular complexity index is 653. The Morgan fingerprint density at radius 3 is 2.86 bits per heavy atom. The van der Waals surface area contributed by atoms with Crippen LogP contribution in [-0.2, 0) is 4.79 Å². The maximum atomic E-state index is 11.5. The van der Waals surface area contributed by atoms with E-state index in [-0.39, 0.29) is 18.1 Å². The molecule has 0 spiro atoms. The van der Waals surface area contributed by atoms with Crippen LogP contribution in [-0.4, -0.2) is 33.8 Å². The first-order valence-electron chi connectivity index (χ1n) is 7.10. The van der Waals surface area contributed by atoms with E-state index in [9.17, 15) is 9.90 Å². The van der Waals surface area contributed by atoms with Gasteiger partial charge in [0.1, 0.15) is 6.61 Å². The van der Waals surface area contributed by atoms with Gasteiger partial charge in [-0.05, 0) is 36.5 Å². The number of fused-ring (bicyclic) bond motifs is 1. The fraction of sp³-hybridized carbons (Fsp3) is 0.375. The molecule has 21 heavy (non-hydrogen) atoms. The molecular formula is C16H18N2O3. The monoisotopic (exact) mass is 286 g/mol. The van der Waals surface area contributed by atoms with Gasteiger partial charge in [0.2, 0.25) is 5.91 Å². The molecule has 1 saturated carbocycles. The van der Waals surface area contributed by atoms with Gasteiger partial charge in [0.25, 0.3) is 0 Å². The first-order chi connectivity index (χ1) is 10.2. The molecule has 3 N–H and O–H groups in total. The van der Waals surface area contributed by atoms with Crippen LogP contribution in [0.4, 0.5) is 0 Å². The fourth-order valence-corrected chi connectivity index (χ4v) is 2.85. The summed E-state index contributed by atoms with van der Waals surface area (Å²) in [5, 5.41) is 22.3. The van der Waals surface area contributed by atoms with Crippen LogP contribution < -0.4 is 5.32 Å². The van der Waals surface area contributed by atoms with Gasteiger partial charge in [0, 0.05) is 11.6 Å². The van der Waals surface area contributed by atoms with E-state index >= 15 is 0 Å². The van der Waals surface area contributed by atoms with Gasteiger partial charge in [0.15, 0.2) is 0 Å². The number of benzene rings is 1. The van der Waals surface area contributed by atoms with Crippen molar-refractivity contribution in [2.45, 2.75) is 25.0 Å². The van der Waals surface area contributed by atoms with E-state index in [0.29, 0.717) is 12.8 Å². The highest BCUT2D eigenvalue weighted by atomic mass is 16.3. The summed E-state index contributed by atoms with van der Waals surface area (Å²) < 4.78 is 0. The molecule has 110 valence electrons. The molecule has 0 bridgehead atoms. The molecule has 0 unspecified atom stereocenters. The van der Waals surface area contributed by atoms with E-state index in [0.717, 1.165) is 16.5 Å². The van der Waals surface area contributed by atoms with Crippen LogP contribution in [0.2, 0.25) is 0 Å². The van der Waals surface area contributed by atoms with Crippen molar-refractivity contribution in [3.05, 3.63) is 42.1 Å². The largest absolute Gasteiger partial charge is 0.393 e. The van der Waals surface area contributed by atoms with E-state index in [1.54, 1.807) is 6.20 Å². The zero-order chi connectivity index (χ0) is 14.8. The summed E-state index contributed by atoms with van der Waals surface area (Å²) in [5.74, 6) is -0.229. The lowest BCUT2D eigenvalue weighted by Crippen LogP contribution is -2.42. The van der Waals surface area contributed by atoms with Crippen LogP contribution in [0.5, 0.6) is 0 Å². The second-order valence-electron chi connectivity index (χ2n) is 5.55. The molecule has 1 fully saturated rings. The van der Waals surface area contributed by atoms with Crippen molar-refractivity contribution in [1.29, 1.82) is 0 Å². The predicted octanol–water partition coefficient (Wildman–Crippen LogP) is 1.16. The van der Waals surface area contributed by atoms with E-state index < -0.39 is 12.5 Å². The molecule has 3 rings (SSSR count). The Kier molecular flexibility index (Phi) is 3.86. The molecule has 1 amide bonds. The number of carbonyl (C=O) groups excluding carboxylic acids is 1. The molecule has 5 heteroatoms. The van der Waals surface area contributed by atoms with Gasteiger partial charge in [0.05, 0.1) is 17.7 Å². The Morgan fingerprint density at radius 2 is 2.14 bits per heavy atom. The molecule has 5 nitrogen and oxygen atoms in total. The number of pyridine rings is 1. The summed E-state index contributed by atoms with van der Waals surface area (Å²) >= 11 is 0. The Balaban J connectivity index is 1.91. The number of aromatic nitrogens is 1. The van der Waals surface area contributed by atoms with Gasteiger partial charge in [-0.2, -0.15) is 0 Å². The molecule has 0 aliphatic heterocycles. The average molecular weight is 286 g/mol. The summed E-state index contributed by atoms with van der Waals surface area (Å²) in [7, 11) is 0. The molecule has 1 aliphatic rings. The summed E-state index contributed by atoms with van der Waals surface area (Å²) in [4.78, 5) is 16.0. The minimum absolute atomic E-state index is 0.179. The van der Waals surface area contributed by atoms with Crippen molar-refractivity contribution in [2.24, 2.45) is 5.92 Å². The minimum atomic E-state index is -0.535. The standard InChI is InChI=1S/C16H18N2O3/c19-9-15(21)18-16(11-6-13(20)7-11)12-5-10-3-1-2-4-14(10)17-8-12/h1-5,8,11,13,16,19-20H,6-7,9H2,(H,18,21)/t11?,13?,16-/m0/s1. The maximum Gasteiger partial charge on any atom is 0.246 e. The second kappa shape index (κ2) is 5.79. The van der Waals surface area contributed by atoms with Crippen LogP contribution in [0, 0.1) is 5.92 Å². The molecule has 1 aromatic heterocycles. The van der Waals surface area contributed by atoms with Gasteiger partial charge in [-0.15, -0.1) is 0 Å².